The van der Waals surface area contributed by atoms with Crippen LogP contribution in [0.5, 0.6) is 11.5 Å². The molecule has 0 radical (unpaired) electrons. The summed E-state index contributed by atoms with van der Waals surface area (Å²) >= 11 is 0. The topological polar surface area (TPSA) is 97.2 Å². The molecule has 2 aromatic rings. The van der Waals surface area contributed by atoms with Crippen molar-refractivity contribution >= 4 is 18.1 Å². The molecule has 0 aromatic heterocycles. The van der Waals surface area contributed by atoms with E-state index in [4.69, 9.17) is 9.47 Å². The number of esters is 1. The van der Waals surface area contributed by atoms with Gasteiger partial charge in [0.2, 0.25) is 0 Å². The molecule has 0 spiro atoms. The van der Waals surface area contributed by atoms with E-state index in [0.717, 1.165) is 0 Å². The van der Waals surface area contributed by atoms with Gasteiger partial charge in [0.15, 0.2) is 17.6 Å². The molecule has 2 N–H and O–H groups in total. The Hall–Kier alpha value is -3.19. The number of methoxy groups -OCH3 is 1. The second-order valence-corrected chi connectivity index (χ2v) is 5.05. The highest BCUT2D eigenvalue weighted by atomic mass is 16.6. The minimum Gasteiger partial charge on any atom is -0.493 e. The number of ether oxygens (including phenoxy) is 2. The highest BCUT2D eigenvalue weighted by molar-refractivity contribution is 5.85. The molecule has 1 atom stereocenters. The molecule has 7 heteroatoms. The SMILES string of the molecule is COc1cc(/C=N/NC(=O)C(O)c2ccccc2)ccc1OC(C)=O. The Morgan fingerprint density at radius 3 is 2.52 bits per heavy atom. The third-order valence-corrected chi connectivity index (χ3v) is 3.19. The van der Waals surface area contributed by atoms with Crippen LogP contribution in [0.1, 0.15) is 24.2 Å². The van der Waals surface area contributed by atoms with Crippen molar-refractivity contribution in [2.45, 2.75) is 13.0 Å². The lowest BCUT2D eigenvalue weighted by Crippen LogP contribution is -2.25. The molecular formula is C18H18N2O5. The summed E-state index contributed by atoms with van der Waals surface area (Å²) in [5, 5.41) is 13.7. The molecule has 2 aromatic carbocycles. The van der Waals surface area contributed by atoms with Gasteiger partial charge in [-0.2, -0.15) is 5.10 Å². The van der Waals surface area contributed by atoms with Crippen LogP contribution in [-0.2, 0) is 9.59 Å². The number of amides is 1. The van der Waals surface area contributed by atoms with Gasteiger partial charge in [0.1, 0.15) is 0 Å². The van der Waals surface area contributed by atoms with Crippen molar-refractivity contribution in [3.8, 4) is 11.5 Å². The van der Waals surface area contributed by atoms with Gasteiger partial charge in [-0.3, -0.25) is 9.59 Å². The van der Waals surface area contributed by atoms with Crippen LogP contribution in [0.2, 0.25) is 0 Å². The van der Waals surface area contributed by atoms with Gasteiger partial charge in [-0.05, 0) is 29.3 Å². The molecule has 0 aliphatic rings. The predicted molar refractivity (Wildman–Crippen MR) is 91.4 cm³/mol. The second kappa shape index (κ2) is 8.60. The van der Waals surface area contributed by atoms with Crippen molar-refractivity contribution in [2.24, 2.45) is 5.10 Å². The number of benzene rings is 2. The lowest BCUT2D eigenvalue weighted by Gasteiger charge is -2.09. The largest absolute Gasteiger partial charge is 0.493 e. The van der Waals surface area contributed by atoms with Crippen molar-refractivity contribution in [3.05, 3.63) is 59.7 Å². The Balaban J connectivity index is 2.02. The molecule has 0 saturated carbocycles. The summed E-state index contributed by atoms with van der Waals surface area (Å²) in [7, 11) is 1.45. The molecular weight excluding hydrogens is 324 g/mol. The van der Waals surface area contributed by atoms with Gasteiger partial charge in [0.25, 0.3) is 5.91 Å². The van der Waals surface area contributed by atoms with E-state index in [2.05, 4.69) is 10.5 Å². The van der Waals surface area contributed by atoms with Gasteiger partial charge < -0.3 is 14.6 Å². The maximum absolute atomic E-state index is 11.9. The average molecular weight is 342 g/mol. The van der Waals surface area contributed by atoms with E-state index in [1.807, 2.05) is 0 Å². The number of rotatable bonds is 6. The Morgan fingerprint density at radius 2 is 1.88 bits per heavy atom. The zero-order chi connectivity index (χ0) is 18.2. The maximum atomic E-state index is 11.9. The van der Waals surface area contributed by atoms with Crippen molar-refractivity contribution < 1.29 is 24.2 Å². The average Bonchev–Trinajstić information content (AvgIpc) is 2.62. The van der Waals surface area contributed by atoms with Crippen LogP contribution in [0.25, 0.3) is 0 Å². The van der Waals surface area contributed by atoms with Crippen molar-refractivity contribution in [2.75, 3.05) is 7.11 Å². The van der Waals surface area contributed by atoms with Crippen LogP contribution in [0.4, 0.5) is 0 Å². The molecule has 0 aliphatic heterocycles. The zero-order valence-electron chi connectivity index (χ0n) is 13.8. The number of nitrogens with zero attached hydrogens (tertiary/aromatic N) is 1. The number of aliphatic hydroxyl groups excluding tert-OH is 1. The summed E-state index contributed by atoms with van der Waals surface area (Å²) in [5.74, 6) is -0.460. The van der Waals surface area contributed by atoms with E-state index in [-0.39, 0.29) is 5.75 Å². The van der Waals surface area contributed by atoms with Gasteiger partial charge in [-0.25, -0.2) is 5.43 Å². The van der Waals surface area contributed by atoms with E-state index >= 15 is 0 Å². The van der Waals surface area contributed by atoms with Gasteiger partial charge in [0.05, 0.1) is 13.3 Å². The summed E-state index contributed by atoms with van der Waals surface area (Å²) < 4.78 is 10.1. The minimum absolute atomic E-state index is 0.288. The number of hydrazone groups is 1. The first-order valence-corrected chi connectivity index (χ1v) is 7.43. The monoisotopic (exact) mass is 342 g/mol. The smallest absolute Gasteiger partial charge is 0.308 e. The van der Waals surface area contributed by atoms with Crippen molar-refractivity contribution in [1.82, 2.24) is 5.43 Å². The van der Waals surface area contributed by atoms with E-state index in [0.29, 0.717) is 16.9 Å². The molecule has 0 saturated heterocycles. The number of carbonyl (C=O) groups is 2. The van der Waals surface area contributed by atoms with E-state index in [9.17, 15) is 14.7 Å². The highest BCUT2D eigenvalue weighted by Gasteiger charge is 2.16. The summed E-state index contributed by atoms with van der Waals surface area (Å²) in [6, 6.07) is 13.3. The first-order chi connectivity index (χ1) is 12.0. The second-order valence-electron chi connectivity index (χ2n) is 5.05. The molecule has 130 valence electrons. The van der Waals surface area contributed by atoms with Gasteiger partial charge in [-0.15, -0.1) is 0 Å². The molecule has 0 bridgehead atoms. The fourth-order valence-electron chi connectivity index (χ4n) is 2.02. The van der Waals surface area contributed by atoms with Gasteiger partial charge in [0, 0.05) is 6.92 Å². The van der Waals surface area contributed by atoms with Gasteiger partial charge in [-0.1, -0.05) is 30.3 Å². The van der Waals surface area contributed by atoms with E-state index < -0.39 is 18.0 Å². The first kappa shape index (κ1) is 18.2. The Kier molecular flexibility index (Phi) is 6.25. The summed E-state index contributed by atoms with van der Waals surface area (Å²) in [5.41, 5.74) is 3.36. The van der Waals surface area contributed by atoms with Crippen molar-refractivity contribution in [1.29, 1.82) is 0 Å². The molecule has 7 nitrogen and oxygen atoms in total. The van der Waals surface area contributed by atoms with Crippen LogP contribution in [0.15, 0.2) is 53.6 Å². The molecule has 1 unspecified atom stereocenters. The number of hydrogen-bond acceptors (Lipinski definition) is 6. The van der Waals surface area contributed by atoms with Crippen molar-refractivity contribution in [3.63, 3.8) is 0 Å². The number of hydrogen-bond donors (Lipinski definition) is 2. The van der Waals surface area contributed by atoms with E-state index in [1.54, 1.807) is 48.5 Å². The Morgan fingerprint density at radius 1 is 1.16 bits per heavy atom. The predicted octanol–water partition coefficient (Wildman–Crippen LogP) is 1.80. The summed E-state index contributed by atoms with van der Waals surface area (Å²) in [4.78, 5) is 22.9. The molecule has 0 aliphatic carbocycles. The number of carbonyl (C=O) groups excluding carboxylic acids is 2. The highest BCUT2D eigenvalue weighted by Crippen LogP contribution is 2.27. The zero-order valence-corrected chi connectivity index (χ0v) is 13.8. The Labute approximate surface area is 144 Å². The normalized spacial score (nSPS) is 11.8. The molecule has 0 heterocycles. The third-order valence-electron chi connectivity index (χ3n) is 3.19. The molecule has 25 heavy (non-hydrogen) atoms. The lowest BCUT2D eigenvalue weighted by molar-refractivity contribution is -0.132. The van der Waals surface area contributed by atoms with Gasteiger partial charge >= 0.3 is 5.97 Å². The molecule has 0 fully saturated rings. The third kappa shape index (κ3) is 5.15. The van der Waals surface area contributed by atoms with Crippen LogP contribution >= 0.6 is 0 Å². The number of nitrogens with one attached hydrogen (secondary N) is 1. The number of aliphatic hydroxyl groups is 1. The standard InChI is InChI=1S/C18H18N2O5/c1-12(21)25-15-9-8-13(10-16(15)24-2)11-19-20-18(23)17(22)14-6-4-3-5-7-14/h3-11,17,22H,1-2H3,(H,20,23)/b19-11+. The summed E-state index contributed by atoms with van der Waals surface area (Å²) in [6.07, 6.45) is 0.0783. The first-order valence-electron chi connectivity index (χ1n) is 7.43. The molecule has 1 amide bonds. The quantitative estimate of drug-likeness (QED) is 0.361. The summed E-state index contributed by atoms with van der Waals surface area (Å²) in [6.45, 7) is 1.29. The minimum atomic E-state index is -1.31. The van der Waals surface area contributed by atoms with Crippen LogP contribution < -0.4 is 14.9 Å². The fraction of sp³-hybridized carbons (Fsp3) is 0.167. The van der Waals surface area contributed by atoms with Crippen LogP contribution in [0, 0.1) is 0 Å². The fourth-order valence-corrected chi connectivity index (χ4v) is 2.02. The van der Waals surface area contributed by atoms with Crippen LogP contribution in [-0.4, -0.2) is 30.3 Å². The Bertz CT molecular complexity index is 774. The van der Waals surface area contributed by atoms with E-state index in [1.165, 1.54) is 20.2 Å². The maximum Gasteiger partial charge on any atom is 0.308 e. The van der Waals surface area contributed by atoms with Crippen LogP contribution in [0.3, 0.4) is 0 Å². The molecule has 2 rings (SSSR count). The lowest BCUT2D eigenvalue weighted by atomic mass is 10.1.